The minimum absolute atomic E-state index is 0.0534. The molecule has 2 N–H and O–H groups in total. The van der Waals surface area contributed by atoms with Crippen LogP contribution in [-0.4, -0.2) is 11.6 Å². The molecular weight excluding hydrogens is 236 g/mol. The summed E-state index contributed by atoms with van der Waals surface area (Å²) >= 11 is 0. The van der Waals surface area contributed by atoms with Crippen LogP contribution >= 0.6 is 0 Å². The summed E-state index contributed by atoms with van der Waals surface area (Å²) in [7, 11) is 0. The normalized spacial score (nSPS) is 14.7. The molecule has 1 aliphatic heterocycles. The van der Waals surface area contributed by atoms with E-state index in [0.29, 0.717) is 11.3 Å². The third kappa shape index (κ3) is 1.95. The number of Topliss-reactive ketones (excluding diaryl/α,β-unsaturated/α-hetero) is 1. The highest BCUT2D eigenvalue weighted by molar-refractivity contribution is 6.60. The molecule has 0 spiro atoms. The van der Waals surface area contributed by atoms with Crippen molar-refractivity contribution in [3.63, 3.8) is 0 Å². The van der Waals surface area contributed by atoms with Gasteiger partial charge in [0.2, 0.25) is 5.78 Å². The highest BCUT2D eigenvalue weighted by Gasteiger charge is 2.27. The molecule has 0 radical (unpaired) electrons. The molecular formula is C16H12N2O. The Bertz CT molecular complexity index is 685. The number of amidine groups is 1. The minimum Gasteiger partial charge on any atom is -0.380 e. The lowest BCUT2D eigenvalue weighted by Crippen LogP contribution is -2.20. The topological polar surface area (TPSA) is 55.4 Å². The van der Waals surface area contributed by atoms with E-state index in [0.717, 1.165) is 11.1 Å². The number of benzene rings is 2. The molecule has 0 aromatic heterocycles. The van der Waals surface area contributed by atoms with Crippen LogP contribution in [0.2, 0.25) is 0 Å². The van der Waals surface area contributed by atoms with Crippen molar-refractivity contribution in [3.05, 3.63) is 71.8 Å². The molecule has 3 nitrogen and oxygen atoms in total. The first-order chi connectivity index (χ1) is 9.27. The lowest BCUT2D eigenvalue weighted by molar-refractivity contribution is -0.108. The van der Waals surface area contributed by atoms with Crippen molar-refractivity contribution >= 4 is 22.9 Å². The molecule has 2 aromatic carbocycles. The Kier molecular flexibility index (Phi) is 2.72. The van der Waals surface area contributed by atoms with Crippen LogP contribution in [0.4, 0.5) is 0 Å². The highest BCUT2D eigenvalue weighted by Crippen LogP contribution is 2.32. The van der Waals surface area contributed by atoms with Crippen molar-refractivity contribution in [1.82, 2.24) is 0 Å². The molecule has 2 aromatic rings. The number of rotatable bonds is 2. The van der Waals surface area contributed by atoms with Gasteiger partial charge in [0.25, 0.3) is 0 Å². The summed E-state index contributed by atoms with van der Waals surface area (Å²) in [5, 5.41) is 0. The van der Waals surface area contributed by atoms with E-state index in [2.05, 4.69) is 4.99 Å². The van der Waals surface area contributed by atoms with Gasteiger partial charge in [0.15, 0.2) is 5.84 Å². The lowest BCUT2D eigenvalue weighted by Gasteiger charge is -2.05. The van der Waals surface area contributed by atoms with Gasteiger partial charge >= 0.3 is 0 Å². The van der Waals surface area contributed by atoms with Crippen molar-refractivity contribution in [1.29, 1.82) is 0 Å². The molecule has 92 valence electrons. The van der Waals surface area contributed by atoms with Crippen LogP contribution in [0, 0.1) is 0 Å². The van der Waals surface area contributed by atoms with Crippen LogP contribution in [0.3, 0.4) is 0 Å². The monoisotopic (exact) mass is 248 g/mol. The van der Waals surface area contributed by atoms with Gasteiger partial charge in [-0.2, -0.15) is 0 Å². The summed E-state index contributed by atoms with van der Waals surface area (Å²) < 4.78 is 0. The molecule has 0 saturated heterocycles. The lowest BCUT2D eigenvalue weighted by atomic mass is 9.98. The van der Waals surface area contributed by atoms with E-state index >= 15 is 0 Å². The summed E-state index contributed by atoms with van der Waals surface area (Å²) in [6, 6.07) is 19.1. The van der Waals surface area contributed by atoms with Crippen LogP contribution in [0.15, 0.2) is 65.7 Å². The van der Waals surface area contributed by atoms with Gasteiger partial charge in [-0.15, -0.1) is 0 Å². The molecule has 0 bridgehead atoms. The SMILES string of the molecule is NC1=NC(c2ccccc2)=C(c2ccccc2)C1=O. The van der Waals surface area contributed by atoms with Gasteiger partial charge < -0.3 is 5.73 Å². The van der Waals surface area contributed by atoms with E-state index < -0.39 is 0 Å². The van der Waals surface area contributed by atoms with Crippen molar-refractivity contribution in [2.24, 2.45) is 10.7 Å². The predicted molar refractivity (Wildman–Crippen MR) is 76.3 cm³/mol. The second-order valence-electron chi connectivity index (χ2n) is 4.28. The molecule has 19 heavy (non-hydrogen) atoms. The van der Waals surface area contributed by atoms with Crippen LogP contribution in [0.25, 0.3) is 11.3 Å². The predicted octanol–water partition coefficient (Wildman–Crippen LogP) is 2.49. The quantitative estimate of drug-likeness (QED) is 0.887. The average molecular weight is 248 g/mol. The molecule has 0 fully saturated rings. The van der Waals surface area contributed by atoms with Gasteiger partial charge in [-0.1, -0.05) is 60.7 Å². The van der Waals surface area contributed by atoms with Gasteiger partial charge in [0.1, 0.15) is 0 Å². The first-order valence-corrected chi connectivity index (χ1v) is 6.01. The van der Waals surface area contributed by atoms with Crippen LogP contribution in [0.5, 0.6) is 0 Å². The number of carbonyl (C=O) groups is 1. The number of hydrogen-bond donors (Lipinski definition) is 1. The Labute approximate surface area is 111 Å². The summed E-state index contributed by atoms with van der Waals surface area (Å²) in [5.41, 5.74) is 8.65. The summed E-state index contributed by atoms with van der Waals surface area (Å²) in [4.78, 5) is 16.4. The summed E-state index contributed by atoms with van der Waals surface area (Å²) in [6.45, 7) is 0. The first kappa shape index (κ1) is 11.4. The van der Waals surface area contributed by atoms with E-state index in [1.807, 2.05) is 60.7 Å². The number of carbonyl (C=O) groups excluding carboxylic acids is 1. The molecule has 0 atom stereocenters. The van der Waals surface area contributed by atoms with Gasteiger partial charge in [-0.05, 0) is 5.56 Å². The number of ketones is 1. The third-order valence-electron chi connectivity index (χ3n) is 3.04. The standard InChI is InChI=1S/C16H12N2O/c17-16-15(19)13(11-7-3-1-4-8-11)14(18-16)12-9-5-2-6-10-12/h1-10H,(H2,17,18,19). The van der Waals surface area contributed by atoms with E-state index in [1.165, 1.54) is 0 Å². The third-order valence-corrected chi connectivity index (χ3v) is 3.04. The maximum atomic E-state index is 12.2. The van der Waals surface area contributed by atoms with Crippen molar-refractivity contribution < 1.29 is 4.79 Å². The molecule has 3 heteroatoms. The second kappa shape index (κ2) is 4.53. The Morgan fingerprint density at radius 1 is 0.789 bits per heavy atom. The van der Waals surface area contributed by atoms with Crippen LogP contribution in [0.1, 0.15) is 11.1 Å². The molecule has 0 aliphatic carbocycles. The second-order valence-corrected chi connectivity index (χ2v) is 4.28. The fourth-order valence-corrected chi connectivity index (χ4v) is 2.14. The minimum atomic E-state index is -0.204. The van der Waals surface area contributed by atoms with Crippen LogP contribution in [-0.2, 0) is 4.79 Å². The van der Waals surface area contributed by atoms with Crippen molar-refractivity contribution in [2.45, 2.75) is 0 Å². The molecule has 1 heterocycles. The smallest absolute Gasteiger partial charge is 0.230 e. The number of hydrogen-bond acceptors (Lipinski definition) is 3. The fourth-order valence-electron chi connectivity index (χ4n) is 2.14. The van der Waals surface area contributed by atoms with E-state index in [4.69, 9.17) is 5.73 Å². The van der Waals surface area contributed by atoms with Gasteiger partial charge in [0.05, 0.1) is 11.3 Å². The molecule has 3 rings (SSSR count). The molecule has 1 aliphatic rings. The largest absolute Gasteiger partial charge is 0.380 e. The Balaban J connectivity index is 2.21. The van der Waals surface area contributed by atoms with Gasteiger partial charge in [0, 0.05) is 5.56 Å². The number of nitrogens with two attached hydrogens (primary N) is 1. The van der Waals surface area contributed by atoms with Crippen molar-refractivity contribution in [3.8, 4) is 0 Å². The zero-order valence-electron chi connectivity index (χ0n) is 10.2. The fraction of sp³-hybridized carbons (Fsp3) is 0. The first-order valence-electron chi connectivity index (χ1n) is 6.01. The summed E-state index contributed by atoms with van der Waals surface area (Å²) in [6.07, 6.45) is 0. The Morgan fingerprint density at radius 2 is 1.32 bits per heavy atom. The molecule has 0 amide bonds. The zero-order chi connectivity index (χ0) is 13.2. The average Bonchev–Trinajstić information content (AvgIpc) is 2.77. The highest BCUT2D eigenvalue weighted by atomic mass is 16.1. The maximum absolute atomic E-state index is 12.2. The zero-order valence-corrected chi connectivity index (χ0v) is 10.2. The van der Waals surface area contributed by atoms with Gasteiger partial charge in [-0.3, -0.25) is 4.79 Å². The number of nitrogens with zero attached hydrogens (tertiary/aromatic N) is 1. The number of aliphatic imine (C=N–C) groups is 1. The molecule has 0 saturated carbocycles. The maximum Gasteiger partial charge on any atom is 0.230 e. The van der Waals surface area contributed by atoms with Crippen molar-refractivity contribution in [2.75, 3.05) is 0 Å². The summed E-state index contributed by atoms with van der Waals surface area (Å²) in [5.74, 6) is -0.150. The van der Waals surface area contributed by atoms with E-state index in [-0.39, 0.29) is 11.6 Å². The van der Waals surface area contributed by atoms with Gasteiger partial charge in [-0.25, -0.2) is 4.99 Å². The Hall–Kier alpha value is -2.68. The van der Waals surface area contributed by atoms with Crippen LogP contribution < -0.4 is 5.73 Å². The molecule has 0 unspecified atom stereocenters. The Morgan fingerprint density at radius 3 is 1.89 bits per heavy atom. The van der Waals surface area contributed by atoms with E-state index in [9.17, 15) is 4.79 Å². The van der Waals surface area contributed by atoms with E-state index in [1.54, 1.807) is 0 Å².